The minimum atomic E-state index is 0. The van der Waals surface area contributed by atoms with Crippen molar-refractivity contribution in [2.75, 3.05) is 19.3 Å². The zero-order valence-corrected chi connectivity index (χ0v) is 9.62. The topological polar surface area (TPSA) is 61.6 Å². The summed E-state index contributed by atoms with van der Waals surface area (Å²) < 4.78 is 2.15. The smallest absolute Gasteiger partial charge is 0.211 e. The van der Waals surface area contributed by atoms with Gasteiger partial charge < -0.3 is 23.2 Å². The molecule has 0 amide bonds. The van der Waals surface area contributed by atoms with Crippen molar-refractivity contribution in [1.82, 2.24) is 4.58 Å². The first kappa shape index (κ1) is 11.0. The van der Waals surface area contributed by atoms with Gasteiger partial charge in [0.1, 0.15) is 19.3 Å². The molecule has 0 atom stereocenters. The van der Waals surface area contributed by atoms with Gasteiger partial charge in [-0.25, -0.2) is 4.58 Å². The monoisotopic (exact) mass is 237 g/mol. The molecular formula is C11H12ClN3O. The predicted octanol–water partition coefficient (Wildman–Crippen LogP) is -3.63. The van der Waals surface area contributed by atoms with Gasteiger partial charge in [0.05, 0.1) is 10.9 Å². The summed E-state index contributed by atoms with van der Waals surface area (Å²) in [5.74, 6) is 0.107. The Labute approximate surface area is 98.8 Å². The van der Waals surface area contributed by atoms with Crippen LogP contribution in [0, 0.1) is 0 Å². The van der Waals surface area contributed by atoms with Gasteiger partial charge >= 0.3 is 0 Å². The van der Waals surface area contributed by atoms with Crippen molar-refractivity contribution in [3.05, 3.63) is 16.6 Å². The van der Waals surface area contributed by atoms with Gasteiger partial charge in [0.2, 0.25) is 5.36 Å². The van der Waals surface area contributed by atoms with Crippen LogP contribution < -0.4 is 33.3 Å². The van der Waals surface area contributed by atoms with Gasteiger partial charge in [-0.1, -0.05) is 0 Å². The predicted molar refractivity (Wildman–Crippen MR) is 60.0 cm³/mol. The number of hydrogen-bond donors (Lipinski definition) is 2. The highest BCUT2D eigenvalue weighted by atomic mass is 35.5. The standard InChI is InChI=1S/C11H11N3O.ClH/c1-14-3-2-6-5-13-10-9(6)8(14)4-7(12)11(10)15;/h4-5H,2-3H2,1H3,(H2,12,13,15);1H. The highest BCUT2D eigenvalue weighted by Gasteiger charge is 2.22. The van der Waals surface area contributed by atoms with E-state index in [9.17, 15) is 5.11 Å². The lowest BCUT2D eigenvalue weighted by Crippen LogP contribution is -3.00. The van der Waals surface area contributed by atoms with Crippen molar-refractivity contribution in [2.24, 2.45) is 4.99 Å². The van der Waals surface area contributed by atoms with Crippen LogP contribution in [0.1, 0.15) is 6.42 Å². The van der Waals surface area contributed by atoms with Crippen LogP contribution in [0.2, 0.25) is 0 Å². The Bertz CT molecular complexity index is 619. The van der Waals surface area contributed by atoms with Crippen molar-refractivity contribution < 1.29 is 17.5 Å². The fraction of sp³-hybridized carbons (Fsp3) is 0.273. The summed E-state index contributed by atoms with van der Waals surface area (Å²) in [6.07, 6.45) is 2.81. The molecule has 0 spiro atoms. The molecule has 1 aromatic carbocycles. The highest BCUT2D eigenvalue weighted by molar-refractivity contribution is 6.08. The number of nitrogen functional groups attached to an aromatic ring is 1. The van der Waals surface area contributed by atoms with Crippen LogP contribution in [0.25, 0.3) is 5.57 Å². The summed E-state index contributed by atoms with van der Waals surface area (Å²) in [5, 5.41) is 11.9. The minimum absolute atomic E-state index is 0. The molecule has 0 radical (unpaired) electrons. The summed E-state index contributed by atoms with van der Waals surface area (Å²) in [6, 6.07) is 1.82. The number of hydrogen-bond acceptors (Lipinski definition) is 3. The molecule has 0 bridgehead atoms. The molecule has 16 heavy (non-hydrogen) atoms. The number of rotatable bonds is 0. The SMILES string of the molecule is C[N+]1=c2cc(N)c(O)c3c2=C(C=N3)CC1.[Cl-]. The van der Waals surface area contributed by atoms with Crippen LogP contribution in [-0.4, -0.2) is 24.9 Å². The van der Waals surface area contributed by atoms with E-state index in [4.69, 9.17) is 5.73 Å². The van der Waals surface area contributed by atoms with Gasteiger partial charge in [-0.2, -0.15) is 0 Å². The minimum Gasteiger partial charge on any atom is -1.00 e. The average Bonchev–Trinajstić information content (AvgIpc) is 2.64. The third-order valence-electron chi connectivity index (χ3n) is 3.08. The number of anilines is 1. The average molecular weight is 238 g/mol. The quantitative estimate of drug-likeness (QED) is 0.278. The number of aliphatic imine (C=N–C) groups is 1. The van der Waals surface area contributed by atoms with E-state index < -0.39 is 0 Å². The molecule has 0 unspecified atom stereocenters. The zero-order valence-electron chi connectivity index (χ0n) is 8.87. The lowest BCUT2D eigenvalue weighted by molar-refractivity contribution is -0.00000396. The molecule has 1 aromatic rings. The van der Waals surface area contributed by atoms with Crippen LogP contribution in [0.15, 0.2) is 11.1 Å². The largest absolute Gasteiger partial charge is 1.00 e. The summed E-state index contributed by atoms with van der Waals surface area (Å²) in [7, 11) is 2.03. The van der Waals surface area contributed by atoms with Crippen molar-refractivity contribution in [3.63, 3.8) is 0 Å². The first-order valence-corrected chi connectivity index (χ1v) is 4.95. The van der Waals surface area contributed by atoms with E-state index in [-0.39, 0.29) is 18.2 Å². The molecule has 2 aliphatic rings. The molecule has 2 heterocycles. The van der Waals surface area contributed by atoms with Crippen molar-refractivity contribution >= 4 is 23.2 Å². The molecule has 5 heteroatoms. The van der Waals surface area contributed by atoms with E-state index in [0.29, 0.717) is 11.4 Å². The van der Waals surface area contributed by atoms with Gasteiger partial charge in [0.25, 0.3) is 0 Å². The van der Waals surface area contributed by atoms with E-state index in [0.717, 1.165) is 23.5 Å². The van der Waals surface area contributed by atoms with Crippen LogP contribution in [0.3, 0.4) is 0 Å². The molecule has 2 aliphatic heterocycles. The maximum Gasteiger partial charge on any atom is 0.211 e. The van der Waals surface area contributed by atoms with Gasteiger partial charge in [0, 0.05) is 18.7 Å². The first-order chi connectivity index (χ1) is 7.18. The third-order valence-corrected chi connectivity index (χ3v) is 3.08. The summed E-state index contributed by atoms with van der Waals surface area (Å²) in [5.41, 5.74) is 7.97. The Hall–Kier alpha value is -1.55. The number of nitrogens with zero attached hydrogens (tertiary/aromatic N) is 2. The van der Waals surface area contributed by atoms with E-state index in [2.05, 4.69) is 9.57 Å². The van der Waals surface area contributed by atoms with Crippen LogP contribution in [0.5, 0.6) is 5.75 Å². The molecule has 4 nitrogen and oxygen atoms in total. The Morgan fingerprint density at radius 1 is 1.50 bits per heavy atom. The van der Waals surface area contributed by atoms with Crippen molar-refractivity contribution in [2.45, 2.75) is 6.42 Å². The van der Waals surface area contributed by atoms with Gasteiger partial charge in [-0.15, -0.1) is 0 Å². The number of nitrogens with two attached hydrogens (primary N) is 1. The molecule has 3 N–H and O–H groups in total. The molecule has 0 aliphatic carbocycles. The Balaban J connectivity index is 0.000000963. The van der Waals surface area contributed by atoms with E-state index in [1.807, 2.05) is 19.3 Å². The van der Waals surface area contributed by atoms with Gasteiger partial charge in [0.15, 0.2) is 5.75 Å². The molecule has 0 saturated heterocycles. The number of benzene rings is 1. The van der Waals surface area contributed by atoms with Crippen molar-refractivity contribution in [1.29, 1.82) is 0 Å². The van der Waals surface area contributed by atoms with E-state index in [1.165, 1.54) is 5.57 Å². The van der Waals surface area contributed by atoms with Crippen LogP contribution in [0.4, 0.5) is 11.4 Å². The highest BCUT2D eigenvalue weighted by Crippen LogP contribution is 2.30. The van der Waals surface area contributed by atoms with Crippen LogP contribution in [-0.2, 0) is 0 Å². The van der Waals surface area contributed by atoms with Crippen molar-refractivity contribution in [3.8, 4) is 5.75 Å². The maximum absolute atomic E-state index is 9.80. The molecule has 3 rings (SSSR count). The molecule has 84 valence electrons. The molecule has 0 fully saturated rings. The van der Waals surface area contributed by atoms with Crippen LogP contribution >= 0.6 is 0 Å². The molecular weight excluding hydrogens is 226 g/mol. The Kier molecular flexibility index (Phi) is 2.39. The fourth-order valence-corrected chi connectivity index (χ4v) is 2.21. The Morgan fingerprint density at radius 2 is 2.25 bits per heavy atom. The molecule has 0 aromatic heterocycles. The Morgan fingerprint density at radius 3 is 3.00 bits per heavy atom. The second-order valence-corrected chi connectivity index (χ2v) is 4.01. The maximum atomic E-state index is 9.80. The fourth-order valence-electron chi connectivity index (χ4n) is 2.21. The van der Waals surface area contributed by atoms with E-state index in [1.54, 1.807) is 0 Å². The second kappa shape index (κ2) is 3.49. The number of phenols is 1. The number of aromatic hydroxyl groups is 1. The lowest BCUT2D eigenvalue weighted by atomic mass is 10.1. The van der Waals surface area contributed by atoms with Gasteiger partial charge in [-0.05, 0) is 5.57 Å². The molecule has 0 saturated carbocycles. The lowest BCUT2D eigenvalue weighted by Gasteiger charge is -2.06. The second-order valence-electron chi connectivity index (χ2n) is 4.01. The van der Waals surface area contributed by atoms with Gasteiger partial charge in [-0.3, -0.25) is 4.99 Å². The number of halogens is 1. The third kappa shape index (κ3) is 1.23. The summed E-state index contributed by atoms with van der Waals surface area (Å²) >= 11 is 0. The summed E-state index contributed by atoms with van der Waals surface area (Å²) in [4.78, 5) is 4.23. The zero-order chi connectivity index (χ0) is 10.6. The first-order valence-electron chi connectivity index (χ1n) is 4.95. The summed E-state index contributed by atoms with van der Waals surface area (Å²) in [6.45, 7) is 0.970. The normalized spacial score (nSPS) is 16.1. The van der Waals surface area contributed by atoms with E-state index >= 15 is 0 Å². The number of phenolic OH excluding ortho intramolecular Hbond substituents is 1.